The summed E-state index contributed by atoms with van der Waals surface area (Å²) in [4.78, 5) is 0. The van der Waals surface area contributed by atoms with Crippen LogP contribution in [-0.2, 0) is 0 Å². The Balaban J connectivity index is 1.68. The van der Waals surface area contributed by atoms with Crippen LogP contribution < -0.4 is 14.8 Å². The largest absolute Gasteiger partial charge is 0.490 e. The first kappa shape index (κ1) is 15.9. The molecule has 1 saturated heterocycles. The molecule has 1 N–H and O–H groups in total. The maximum Gasteiger partial charge on any atom is 0.161 e. The van der Waals surface area contributed by atoms with E-state index in [0.29, 0.717) is 25.0 Å². The summed E-state index contributed by atoms with van der Waals surface area (Å²) in [5.74, 6) is 2.69. The maximum absolute atomic E-state index is 6.12. The third-order valence-electron chi connectivity index (χ3n) is 4.44. The Bertz CT molecular complexity index is 600. The molecule has 3 nitrogen and oxygen atoms in total. The van der Waals surface area contributed by atoms with Crippen LogP contribution in [0.15, 0.2) is 54.6 Å². The molecule has 122 valence electrons. The molecule has 2 atom stereocenters. The molecule has 0 radical (unpaired) electrons. The zero-order chi connectivity index (χ0) is 15.9. The lowest BCUT2D eigenvalue weighted by Crippen LogP contribution is -2.38. The molecule has 0 amide bonds. The number of piperidine rings is 1. The molecule has 3 rings (SSSR count). The molecule has 2 aromatic carbocycles. The third-order valence-corrected chi connectivity index (χ3v) is 4.44. The average molecular weight is 311 g/mol. The second-order valence-electron chi connectivity index (χ2n) is 5.96. The van der Waals surface area contributed by atoms with Crippen molar-refractivity contribution < 1.29 is 9.47 Å². The third kappa shape index (κ3) is 4.05. The van der Waals surface area contributed by atoms with E-state index in [-0.39, 0.29) is 0 Å². The molecule has 0 aliphatic carbocycles. The van der Waals surface area contributed by atoms with Crippen LogP contribution in [0.4, 0.5) is 0 Å². The Hall–Kier alpha value is -2.00. The van der Waals surface area contributed by atoms with E-state index in [1.807, 2.05) is 31.2 Å². The summed E-state index contributed by atoms with van der Waals surface area (Å²) in [6.07, 6.45) is 1.16. The topological polar surface area (TPSA) is 30.5 Å². The minimum Gasteiger partial charge on any atom is -0.490 e. The molecule has 1 fully saturated rings. The molecule has 1 aliphatic rings. The van der Waals surface area contributed by atoms with Gasteiger partial charge < -0.3 is 14.8 Å². The molecule has 1 heterocycles. The van der Waals surface area contributed by atoms with E-state index < -0.39 is 0 Å². The van der Waals surface area contributed by atoms with Crippen LogP contribution in [0.2, 0.25) is 0 Å². The van der Waals surface area contributed by atoms with Gasteiger partial charge in [0.05, 0.1) is 13.2 Å². The fourth-order valence-electron chi connectivity index (χ4n) is 3.28. The fourth-order valence-corrected chi connectivity index (χ4v) is 3.28. The van der Waals surface area contributed by atoms with Gasteiger partial charge in [0, 0.05) is 12.5 Å². The first-order chi connectivity index (χ1) is 11.4. The summed E-state index contributed by atoms with van der Waals surface area (Å²) in [5, 5.41) is 3.50. The van der Waals surface area contributed by atoms with E-state index in [9.17, 15) is 0 Å². The van der Waals surface area contributed by atoms with Crippen molar-refractivity contribution in [2.45, 2.75) is 19.3 Å². The summed E-state index contributed by atoms with van der Waals surface area (Å²) in [6.45, 7) is 5.42. The van der Waals surface area contributed by atoms with Crippen LogP contribution in [0.25, 0.3) is 0 Å². The SMILES string of the molecule is CCOc1ccccc1OC[C@H]1CNCC[C@@H]1c1ccccc1. The summed E-state index contributed by atoms with van der Waals surface area (Å²) in [6, 6.07) is 18.7. The van der Waals surface area contributed by atoms with Crippen molar-refractivity contribution in [2.24, 2.45) is 5.92 Å². The highest BCUT2D eigenvalue weighted by Gasteiger charge is 2.27. The molecule has 0 unspecified atom stereocenters. The van der Waals surface area contributed by atoms with Gasteiger partial charge in [-0.25, -0.2) is 0 Å². The predicted molar refractivity (Wildman–Crippen MR) is 93.3 cm³/mol. The van der Waals surface area contributed by atoms with Gasteiger partial charge in [-0.3, -0.25) is 0 Å². The molecule has 0 aromatic heterocycles. The number of hydrogen-bond acceptors (Lipinski definition) is 3. The highest BCUT2D eigenvalue weighted by molar-refractivity contribution is 5.39. The van der Waals surface area contributed by atoms with Gasteiger partial charge in [0.15, 0.2) is 11.5 Å². The number of hydrogen-bond donors (Lipinski definition) is 1. The molecule has 3 heteroatoms. The smallest absolute Gasteiger partial charge is 0.161 e. The van der Waals surface area contributed by atoms with Crippen molar-refractivity contribution in [3.63, 3.8) is 0 Å². The van der Waals surface area contributed by atoms with E-state index in [1.165, 1.54) is 5.56 Å². The van der Waals surface area contributed by atoms with Gasteiger partial charge >= 0.3 is 0 Å². The molecular weight excluding hydrogens is 286 g/mol. The lowest BCUT2D eigenvalue weighted by atomic mass is 9.81. The van der Waals surface area contributed by atoms with Crippen LogP contribution in [-0.4, -0.2) is 26.3 Å². The van der Waals surface area contributed by atoms with Gasteiger partial charge in [-0.15, -0.1) is 0 Å². The molecule has 23 heavy (non-hydrogen) atoms. The first-order valence-corrected chi connectivity index (χ1v) is 8.48. The number of benzene rings is 2. The lowest BCUT2D eigenvalue weighted by Gasteiger charge is -2.32. The number of nitrogens with one attached hydrogen (secondary N) is 1. The van der Waals surface area contributed by atoms with Crippen LogP contribution in [0.1, 0.15) is 24.8 Å². The Labute approximate surface area is 138 Å². The van der Waals surface area contributed by atoms with Crippen LogP contribution in [0.5, 0.6) is 11.5 Å². The van der Waals surface area contributed by atoms with Crippen molar-refractivity contribution in [3.8, 4) is 11.5 Å². The van der Waals surface area contributed by atoms with Crippen molar-refractivity contribution in [1.82, 2.24) is 5.32 Å². The van der Waals surface area contributed by atoms with Gasteiger partial charge in [0.2, 0.25) is 0 Å². The number of rotatable bonds is 6. The quantitative estimate of drug-likeness (QED) is 0.879. The van der Waals surface area contributed by atoms with Crippen molar-refractivity contribution in [1.29, 1.82) is 0 Å². The summed E-state index contributed by atoms with van der Waals surface area (Å²) in [7, 11) is 0. The lowest BCUT2D eigenvalue weighted by molar-refractivity contribution is 0.189. The normalized spacial score (nSPS) is 20.9. The standard InChI is InChI=1S/C20H25NO2/c1-2-22-19-10-6-7-11-20(19)23-15-17-14-21-13-12-18(17)16-8-4-3-5-9-16/h3-11,17-18,21H,2,12-15H2,1H3/t17-,18-/m1/s1. The highest BCUT2D eigenvalue weighted by atomic mass is 16.5. The molecule has 0 saturated carbocycles. The molecule has 1 aliphatic heterocycles. The minimum absolute atomic E-state index is 0.473. The Morgan fingerprint density at radius 1 is 0.957 bits per heavy atom. The van der Waals surface area contributed by atoms with Crippen molar-refractivity contribution >= 4 is 0 Å². The molecule has 2 aromatic rings. The average Bonchev–Trinajstić information content (AvgIpc) is 2.62. The first-order valence-electron chi connectivity index (χ1n) is 8.48. The molecular formula is C20H25NO2. The van der Waals surface area contributed by atoms with E-state index in [4.69, 9.17) is 9.47 Å². The van der Waals surface area contributed by atoms with E-state index in [1.54, 1.807) is 0 Å². The molecule has 0 spiro atoms. The summed E-state index contributed by atoms with van der Waals surface area (Å²) >= 11 is 0. The predicted octanol–water partition coefficient (Wildman–Crippen LogP) is 3.86. The zero-order valence-electron chi connectivity index (χ0n) is 13.7. The van der Waals surface area contributed by atoms with Crippen LogP contribution >= 0.6 is 0 Å². The minimum atomic E-state index is 0.473. The van der Waals surface area contributed by atoms with Gasteiger partial charge in [-0.1, -0.05) is 42.5 Å². The number of ether oxygens (including phenoxy) is 2. The van der Waals surface area contributed by atoms with Gasteiger partial charge in [-0.05, 0) is 43.5 Å². The van der Waals surface area contributed by atoms with Crippen LogP contribution in [0, 0.1) is 5.92 Å². The Morgan fingerprint density at radius 3 is 2.39 bits per heavy atom. The Morgan fingerprint density at radius 2 is 1.65 bits per heavy atom. The van der Waals surface area contributed by atoms with E-state index in [2.05, 4.69) is 35.6 Å². The van der Waals surface area contributed by atoms with Crippen molar-refractivity contribution in [3.05, 3.63) is 60.2 Å². The zero-order valence-corrected chi connectivity index (χ0v) is 13.7. The maximum atomic E-state index is 6.12. The number of para-hydroxylation sites is 2. The van der Waals surface area contributed by atoms with Gasteiger partial charge in [0.25, 0.3) is 0 Å². The fraction of sp³-hybridized carbons (Fsp3) is 0.400. The summed E-state index contributed by atoms with van der Waals surface area (Å²) < 4.78 is 11.8. The van der Waals surface area contributed by atoms with Crippen LogP contribution in [0.3, 0.4) is 0 Å². The monoisotopic (exact) mass is 311 g/mol. The second-order valence-corrected chi connectivity index (χ2v) is 5.96. The van der Waals surface area contributed by atoms with E-state index >= 15 is 0 Å². The Kier molecular flexibility index (Phi) is 5.54. The van der Waals surface area contributed by atoms with Crippen molar-refractivity contribution in [2.75, 3.05) is 26.3 Å². The van der Waals surface area contributed by atoms with Gasteiger partial charge in [-0.2, -0.15) is 0 Å². The van der Waals surface area contributed by atoms with Gasteiger partial charge in [0.1, 0.15) is 0 Å². The summed E-state index contributed by atoms with van der Waals surface area (Å²) in [5.41, 5.74) is 1.42. The van der Waals surface area contributed by atoms with E-state index in [0.717, 1.165) is 31.0 Å². The highest BCUT2D eigenvalue weighted by Crippen LogP contribution is 2.32. The molecule has 0 bridgehead atoms. The second kappa shape index (κ2) is 8.02.